The van der Waals surface area contributed by atoms with Crippen LogP contribution in [0.4, 0.5) is 5.69 Å². The van der Waals surface area contributed by atoms with Crippen molar-refractivity contribution in [1.29, 1.82) is 0 Å². The zero-order chi connectivity index (χ0) is 30.1. The van der Waals surface area contributed by atoms with E-state index in [2.05, 4.69) is 14.6 Å². The number of ether oxygens (including phenoxy) is 2. The van der Waals surface area contributed by atoms with Gasteiger partial charge in [0, 0.05) is 43.0 Å². The van der Waals surface area contributed by atoms with Crippen molar-refractivity contribution in [2.75, 3.05) is 31.2 Å². The number of aliphatic hydroxyl groups excluding tert-OH is 1. The number of aromatic nitrogens is 1. The highest BCUT2D eigenvalue weighted by Gasteiger charge is 2.27. The summed E-state index contributed by atoms with van der Waals surface area (Å²) < 4.78 is 39.4. The molecule has 10 nitrogen and oxygen atoms in total. The van der Waals surface area contributed by atoms with Gasteiger partial charge in [0.1, 0.15) is 11.5 Å². The number of aryl methyl sites for hydroxylation is 1. The van der Waals surface area contributed by atoms with Crippen molar-refractivity contribution in [2.45, 2.75) is 52.2 Å². The summed E-state index contributed by atoms with van der Waals surface area (Å²) in [6, 6.07) is 10.5. The smallest absolute Gasteiger partial charge is 0.249 e. The third-order valence-electron chi connectivity index (χ3n) is 6.98. The van der Waals surface area contributed by atoms with Crippen LogP contribution < -0.4 is 19.9 Å². The minimum atomic E-state index is -3.66. The molecule has 4 N–H and O–H groups in total. The highest BCUT2D eigenvalue weighted by Crippen LogP contribution is 2.47. The van der Waals surface area contributed by atoms with E-state index in [0.717, 1.165) is 36.0 Å². The van der Waals surface area contributed by atoms with Crippen LogP contribution in [0.15, 0.2) is 42.6 Å². The van der Waals surface area contributed by atoms with E-state index in [4.69, 9.17) is 15.2 Å². The van der Waals surface area contributed by atoms with E-state index in [1.165, 1.54) is 7.11 Å². The van der Waals surface area contributed by atoms with Gasteiger partial charge in [-0.15, -0.1) is 0 Å². The number of hydrogen-bond acceptors (Lipinski definition) is 8. The zero-order valence-corrected chi connectivity index (χ0v) is 25.1. The molecule has 0 radical (unpaired) electrons. The van der Waals surface area contributed by atoms with Gasteiger partial charge in [0.05, 0.1) is 36.4 Å². The van der Waals surface area contributed by atoms with E-state index in [9.17, 15) is 18.3 Å². The molecule has 3 aromatic rings. The Labute approximate surface area is 241 Å². The quantitative estimate of drug-likeness (QED) is 0.341. The molecule has 2 heterocycles. The summed E-state index contributed by atoms with van der Waals surface area (Å²) in [7, 11) is -2.22. The molecule has 1 amide bonds. The summed E-state index contributed by atoms with van der Waals surface area (Å²) in [6.07, 6.45) is 3.11. The Morgan fingerprint density at radius 3 is 2.51 bits per heavy atom. The fraction of sp³-hybridized carbons (Fsp3) is 0.400. The number of nitrogens with zero attached hydrogens (tertiary/aromatic N) is 2. The van der Waals surface area contributed by atoms with Crippen LogP contribution in [0.1, 0.15) is 54.4 Å². The van der Waals surface area contributed by atoms with E-state index < -0.39 is 15.9 Å². The molecule has 0 aliphatic carbocycles. The van der Waals surface area contributed by atoms with E-state index in [1.807, 2.05) is 39.8 Å². The number of nitrogens with one attached hydrogen (secondary N) is 1. The maximum atomic E-state index is 12.8. The largest absolute Gasteiger partial charge is 0.494 e. The van der Waals surface area contributed by atoms with Gasteiger partial charge in [-0.3, -0.25) is 19.4 Å². The van der Waals surface area contributed by atoms with E-state index >= 15 is 0 Å². The van der Waals surface area contributed by atoms with Gasteiger partial charge < -0.3 is 20.3 Å². The average Bonchev–Trinajstić information content (AvgIpc) is 3.27. The second kappa shape index (κ2) is 11.7. The molecule has 220 valence electrons. The number of nitrogens with two attached hydrogens (primary N) is 1. The SMILES string of the molecule is COc1c(NS(C)(=O)=O)cc(C(C)(C)C)cc1-c1c(C(N)=O)ccc(C)c1Oc1ccnc(CN2CCC(O)C2)c1. The monoisotopic (exact) mass is 582 g/mol. The van der Waals surface area contributed by atoms with Crippen molar-refractivity contribution in [2.24, 2.45) is 5.73 Å². The minimum absolute atomic E-state index is 0.195. The Morgan fingerprint density at radius 1 is 1.20 bits per heavy atom. The molecule has 1 atom stereocenters. The molecular weight excluding hydrogens is 544 g/mol. The lowest BCUT2D eigenvalue weighted by molar-refractivity contribution is 0.100. The van der Waals surface area contributed by atoms with Gasteiger partial charge in [0.15, 0.2) is 5.75 Å². The van der Waals surface area contributed by atoms with E-state index in [0.29, 0.717) is 35.7 Å². The second-order valence-corrected chi connectivity index (χ2v) is 13.2. The summed E-state index contributed by atoms with van der Waals surface area (Å²) in [5.74, 6) is 0.434. The lowest BCUT2D eigenvalue weighted by Gasteiger charge is -2.25. The Morgan fingerprint density at radius 2 is 1.93 bits per heavy atom. The Hall–Kier alpha value is -3.67. The number of β-amino-alcohol motifs (C(OH)–C–C–N with tert-alkyl or cyclic N) is 1. The maximum absolute atomic E-state index is 12.8. The molecule has 11 heteroatoms. The summed E-state index contributed by atoms with van der Waals surface area (Å²) >= 11 is 0. The number of carbonyl (C=O) groups excluding carboxylic acids is 1. The molecule has 1 aliphatic rings. The number of sulfonamides is 1. The average molecular weight is 583 g/mol. The maximum Gasteiger partial charge on any atom is 0.249 e. The summed E-state index contributed by atoms with van der Waals surface area (Å²) in [6.45, 7) is 9.79. The third-order valence-corrected chi connectivity index (χ3v) is 7.58. The first kappa shape index (κ1) is 30.3. The van der Waals surface area contributed by atoms with Gasteiger partial charge in [-0.2, -0.15) is 0 Å². The molecule has 41 heavy (non-hydrogen) atoms. The van der Waals surface area contributed by atoms with Crippen LogP contribution >= 0.6 is 0 Å². The number of primary amides is 1. The Kier molecular flexibility index (Phi) is 8.62. The number of hydrogen-bond donors (Lipinski definition) is 3. The summed E-state index contributed by atoms with van der Waals surface area (Å²) in [5.41, 5.74) is 9.07. The normalized spacial score (nSPS) is 16.0. The summed E-state index contributed by atoms with van der Waals surface area (Å²) in [5, 5.41) is 9.89. The highest BCUT2D eigenvalue weighted by atomic mass is 32.2. The first-order valence-corrected chi connectivity index (χ1v) is 15.2. The molecule has 2 aromatic carbocycles. The van der Waals surface area contributed by atoms with E-state index in [-0.39, 0.29) is 28.5 Å². The minimum Gasteiger partial charge on any atom is -0.494 e. The van der Waals surface area contributed by atoms with Crippen molar-refractivity contribution in [3.8, 4) is 28.4 Å². The Balaban J connectivity index is 1.91. The fourth-order valence-corrected chi connectivity index (χ4v) is 5.49. The van der Waals surface area contributed by atoms with Crippen LogP contribution in [-0.4, -0.2) is 61.9 Å². The number of amides is 1. The number of aliphatic hydroxyl groups is 1. The number of methoxy groups -OCH3 is 1. The number of anilines is 1. The number of carbonyl (C=O) groups is 1. The molecule has 1 unspecified atom stereocenters. The third kappa shape index (κ3) is 7.16. The standard InChI is InChI=1S/C30H38N4O6S/c1-18-7-8-23(29(31)36)26(24-13-19(30(2,3)4)14-25(28(24)39-5)33-41(6,37)38)27(18)40-22-9-11-32-20(15-22)16-34-12-10-21(35)17-34/h7-9,11,13-15,21,33,35H,10,12,16-17H2,1-6H3,(H2,31,36). The van der Waals surface area contributed by atoms with Crippen LogP contribution in [0.25, 0.3) is 11.1 Å². The predicted molar refractivity (Wildman–Crippen MR) is 159 cm³/mol. The number of pyridine rings is 1. The van der Waals surface area contributed by atoms with Gasteiger partial charge in [0.2, 0.25) is 15.9 Å². The van der Waals surface area contributed by atoms with Crippen LogP contribution in [0.3, 0.4) is 0 Å². The van der Waals surface area contributed by atoms with Crippen LogP contribution in [0, 0.1) is 6.92 Å². The van der Waals surface area contributed by atoms with Gasteiger partial charge in [-0.05, 0) is 54.2 Å². The number of likely N-dealkylation sites (tertiary alicyclic amines) is 1. The topological polar surface area (TPSA) is 144 Å². The van der Waals surface area contributed by atoms with Crippen LogP contribution in [0.5, 0.6) is 17.2 Å². The zero-order valence-electron chi connectivity index (χ0n) is 24.3. The van der Waals surface area contributed by atoms with E-state index in [1.54, 1.807) is 30.5 Å². The number of benzene rings is 2. The van der Waals surface area contributed by atoms with Crippen molar-refractivity contribution < 1.29 is 27.8 Å². The first-order valence-electron chi connectivity index (χ1n) is 13.3. The summed E-state index contributed by atoms with van der Waals surface area (Å²) in [4.78, 5) is 19.4. The predicted octanol–water partition coefficient (Wildman–Crippen LogP) is 4.19. The molecule has 1 aromatic heterocycles. The second-order valence-electron chi connectivity index (χ2n) is 11.5. The van der Waals surface area contributed by atoms with Crippen LogP contribution in [-0.2, 0) is 22.0 Å². The highest BCUT2D eigenvalue weighted by molar-refractivity contribution is 7.92. The van der Waals surface area contributed by atoms with Crippen molar-refractivity contribution in [3.05, 3.63) is 65.0 Å². The van der Waals surface area contributed by atoms with Gasteiger partial charge in [-0.1, -0.05) is 26.8 Å². The van der Waals surface area contributed by atoms with Crippen molar-refractivity contribution >= 4 is 21.6 Å². The fourth-order valence-electron chi connectivity index (χ4n) is 4.94. The molecule has 0 bridgehead atoms. The molecule has 0 saturated carbocycles. The number of rotatable bonds is 9. The molecule has 0 spiro atoms. The lowest BCUT2D eigenvalue weighted by Crippen LogP contribution is -2.22. The lowest BCUT2D eigenvalue weighted by atomic mass is 9.83. The molecular formula is C30H38N4O6S. The molecule has 1 aliphatic heterocycles. The van der Waals surface area contributed by atoms with Gasteiger partial charge >= 0.3 is 0 Å². The molecule has 4 rings (SSSR count). The first-order chi connectivity index (χ1) is 19.2. The van der Waals surface area contributed by atoms with Crippen molar-refractivity contribution in [3.63, 3.8) is 0 Å². The van der Waals surface area contributed by atoms with Crippen molar-refractivity contribution in [1.82, 2.24) is 9.88 Å². The molecule has 1 saturated heterocycles. The van der Waals surface area contributed by atoms with Crippen LogP contribution in [0.2, 0.25) is 0 Å². The van der Waals surface area contributed by atoms with Gasteiger partial charge in [0.25, 0.3) is 0 Å². The molecule has 1 fully saturated rings. The van der Waals surface area contributed by atoms with Gasteiger partial charge in [-0.25, -0.2) is 8.42 Å². The Bertz CT molecular complexity index is 1570.